The number of hydrogen-bond donors (Lipinski definition) is 1. The van der Waals surface area contributed by atoms with E-state index in [1.54, 1.807) is 0 Å². The molecule has 2 rings (SSSR count). The van der Waals surface area contributed by atoms with Crippen LogP contribution >= 0.6 is 0 Å². The molecule has 17 heavy (non-hydrogen) atoms. The van der Waals surface area contributed by atoms with Crippen molar-refractivity contribution in [1.29, 1.82) is 0 Å². The number of hydrogen-bond acceptors (Lipinski definition) is 4. The van der Waals surface area contributed by atoms with Crippen LogP contribution in [0.25, 0.3) is 0 Å². The monoisotopic (exact) mass is 238 g/mol. The Labute approximate surface area is 103 Å². The first-order chi connectivity index (χ1) is 8.22. The first-order valence-corrected chi connectivity index (χ1v) is 6.35. The number of ether oxygens (including phenoxy) is 1. The lowest BCUT2D eigenvalue weighted by molar-refractivity contribution is -0.0325. The van der Waals surface area contributed by atoms with Crippen LogP contribution in [0.3, 0.4) is 0 Å². The summed E-state index contributed by atoms with van der Waals surface area (Å²) in [5, 5.41) is 0. The van der Waals surface area contributed by atoms with Gasteiger partial charge in [-0.25, -0.2) is 0 Å². The second-order valence-electron chi connectivity index (χ2n) is 4.63. The Balaban J connectivity index is 1.97. The minimum absolute atomic E-state index is 0.380. The largest absolute Gasteiger partial charge is 0.465 e. The molecule has 0 radical (unpaired) electrons. The molecule has 4 nitrogen and oxygen atoms in total. The van der Waals surface area contributed by atoms with Crippen molar-refractivity contribution in [1.82, 2.24) is 4.90 Å². The van der Waals surface area contributed by atoms with Crippen LogP contribution in [-0.4, -0.2) is 30.7 Å². The second-order valence-corrected chi connectivity index (χ2v) is 4.63. The highest BCUT2D eigenvalue weighted by molar-refractivity contribution is 5.20. The van der Waals surface area contributed by atoms with Crippen LogP contribution in [0.5, 0.6) is 0 Å². The van der Waals surface area contributed by atoms with E-state index >= 15 is 0 Å². The SMILES string of the molecule is CCC1CN(Cc2cc(CN)oc2C)CCO1. The van der Waals surface area contributed by atoms with E-state index in [0.29, 0.717) is 12.6 Å². The van der Waals surface area contributed by atoms with Crippen LogP contribution in [0.4, 0.5) is 0 Å². The number of rotatable bonds is 4. The summed E-state index contributed by atoms with van der Waals surface area (Å²) in [5.74, 6) is 1.86. The van der Waals surface area contributed by atoms with Crippen molar-refractivity contribution in [2.45, 2.75) is 39.5 Å². The van der Waals surface area contributed by atoms with E-state index in [0.717, 1.165) is 44.2 Å². The minimum Gasteiger partial charge on any atom is -0.465 e. The molecule has 2 heterocycles. The molecule has 0 bridgehead atoms. The van der Waals surface area contributed by atoms with Crippen LogP contribution in [0.2, 0.25) is 0 Å². The molecule has 1 aliphatic rings. The number of furan rings is 1. The highest BCUT2D eigenvalue weighted by Crippen LogP contribution is 2.18. The third-order valence-electron chi connectivity index (χ3n) is 3.34. The Kier molecular flexibility index (Phi) is 4.20. The van der Waals surface area contributed by atoms with Gasteiger partial charge in [-0.2, -0.15) is 0 Å². The van der Waals surface area contributed by atoms with E-state index in [1.165, 1.54) is 5.56 Å². The molecule has 2 N–H and O–H groups in total. The molecule has 1 atom stereocenters. The Morgan fingerprint density at radius 2 is 2.35 bits per heavy atom. The minimum atomic E-state index is 0.380. The van der Waals surface area contributed by atoms with Crippen molar-refractivity contribution < 1.29 is 9.15 Å². The van der Waals surface area contributed by atoms with E-state index in [2.05, 4.69) is 17.9 Å². The molecule has 1 aliphatic heterocycles. The molecule has 1 aromatic heterocycles. The second kappa shape index (κ2) is 5.67. The molecule has 0 spiro atoms. The summed E-state index contributed by atoms with van der Waals surface area (Å²) in [4.78, 5) is 2.43. The van der Waals surface area contributed by atoms with E-state index in [1.807, 2.05) is 6.92 Å². The molecule has 0 amide bonds. The Morgan fingerprint density at radius 3 is 3.00 bits per heavy atom. The molecule has 1 fully saturated rings. The smallest absolute Gasteiger partial charge is 0.118 e. The molecular formula is C13H22N2O2. The molecule has 0 aliphatic carbocycles. The zero-order valence-corrected chi connectivity index (χ0v) is 10.7. The Hall–Kier alpha value is -0.840. The normalized spacial score (nSPS) is 21.9. The third-order valence-corrected chi connectivity index (χ3v) is 3.34. The van der Waals surface area contributed by atoms with Gasteiger partial charge in [0.1, 0.15) is 11.5 Å². The van der Waals surface area contributed by atoms with Gasteiger partial charge < -0.3 is 14.9 Å². The zero-order chi connectivity index (χ0) is 12.3. The van der Waals surface area contributed by atoms with Gasteiger partial charge >= 0.3 is 0 Å². The van der Waals surface area contributed by atoms with Crippen molar-refractivity contribution in [3.63, 3.8) is 0 Å². The lowest BCUT2D eigenvalue weighted by Gasteiger charge is -2.32. The van der Waals surface area contributed by atoms with Crippen LogP contribution in [0.1, 0.15) is 30.4 Å². The fourth-order valence-corrected chi connectivity index (χ4v) is 2.26. The van der Waals surface area contributed by atoms with Gasteiger partial charge in [0.2, 0.25) is 0 Å². The quantitative estimate of drug-likeness (QED) is 0.866. The van der Waals surface area contributed by atoms with Gasteiger partial charge in [-0.15, -0.1) is 0 Å². The van der Waals surface area contributed by atoms with Crippen molar-refractivity contribution >= 4 is 0 Å². The van der Waals surface area contributed by atoms with E-state index in [9.17, 15) is 0 Å². The van der Waals surface area contributed by atoms with Gasteiger partial charge in [-0.3, -0.25) is 4.90 Å². The fraction of sp³-hybridized carbons (Fsp3) is 0.692. The third kappa shape index (κ3) is 3.09. The molecule has 96 valence electrons. The Bertz CT molecular complexity index is 362. The summed E-state index contributed by atoms with van der Waals surface area (Å²) in [6.45, 7) is 8.43. The van der Waals surface area contributed by atoms with E-state index in [-0.39, 0.29) is 0 Å². The zero-order valence-electron chi connectivity index (χ0n) is 10.7. The summed E-state index contributed by atoms with van der Waals surface area (Å²) < 4.78 is 11.2. The number of nitrogens with two attached hydrogens (primary N) is 1. The molecule has 0 aromatic carbocycles. The summed E-state index contributed by atoms with van der Waals surface area (Å²) >= 11 is 0. The predicted octanol–water partition coefficient (Wildman–Crippen LogP) is 1.66. The summed E-state index contributed by atoms with van der Waals surface area (Å²) in [6.07, 6.45) is 1.46. The molecule has 0 saturated carbocycles. The molecule has 1 saturated heterocycles. The van der Waals surface area contributed by atoms with Crippen molar-refractivity contribution in [3.05, 3.63) is 23.2 Å². The lowest BCUT2D eigenvalue weighted by atomic mass is 10.2. The summed E-state index contributed by atoms with van der Waals surface area (Å²) in [5.41, 5.74) is 6.83. The highest BCUT2D eigenvalue weighted by atomic mass is 16.5. The molecular weight excluding hydrogens is 216 g/mol. The molecule has 1 aromatic rings. The van der Waals surface area contributed by atoms with Crippen molar-refractivity contribution in [2.75, 3.05) is 19.7 Å². The summed E-state index contributed by atoms with van der Waals surface area (Å²) in [7, 11) is 0. The van der Waals surface area contributed by atoms with Gasteiger partial charge in [-0.1, -0.05) is 6.92 Å². The van der Waals surface area contributed by atoms with E-state index in [4.69, 9.17) is 14.9 Å². The summed E-state index contributed by atoms with van der Waals surface area (Å²) in [6, 6.07) is 2.08. The maximum atomic E-state index is 5.67. The average molecular weight is 238 g/mol. The van der Waals surface area contributed by atoms with E-state index < -0.39 is 0 Å². The average Bonchev–Trinajstić information content (AvgIpc) is 2.70. The lowest BCUT2D eigenvalue weighted by Crippen LogP contribution is -2.41. The maximum Gasteiger partial charge on any atom is 0.118 e. The number of aryl methyl sites for hydroxylation is 1. The molecule has 1 unspecified atom stereocenters. The van der Waals surface area contributed by atoms with Gasteiger partial charge in [-0.05, 0) is 19.4 Å². The first-order valence-electron chi connectivity index (χ1n) is 6.35. The predicted molar refractivity (Wildman–Crippen MR) is 66.6 cm³/mol. The van der Waals surface area contributed by atoms with Gasteiger partial charge in [0.25, 0.3) is 0 Å². The first kappa shape index (κ1) is 12.6. The van der Waals surface area contributed by atoms with Crippen LogP contribution < -0.4 is 5.73 Å². The highest BCUT2D eigenvalue weighted by Gasteiger charge is 2.20. The van der Waals surface area contributed by atoms with Crippen LogP contribution in [-0.2, 0) is 17.8 Å². The van der Waals surface area contributed by atoms with Crippen molar-refractivity contribution in [2.24, 2.45) is 5.73 Å². The van der Waals surface area contributed by atoms with Crippen LogP contribution in [0, 0.1) is 6.92 Å². The van der Waals surface area contributed by atoms with Crippen molar-refractivity contribution in [3.8, 4) is 0 Å². The standard InChI is InChI=1S/C13H22N2O2/c1-3-12-9-15(4-5-16-12)8-11-6-13(7-14)17-10(11)2/h6,12H,3-5,7-9,14H2,1-2H3. The van der Waals surface area contributed by atoms with Gasteiger partial charge in [0.15, 0.2) is 0 Å². The van der Waals surface area contributed by atoms with Gasteiger partial charge in [0, 0.05) is 25.2 Å². The van der Waals surface area contributed by atoms with Crippen LogP contribution in [0.15, 0.2) is 10.5 Å². The van der Waals surface area contributed by atoms with Gasteiger partial charge in [0.05, 0.1) is 19.3 Å². The molecule has 4 heteroatoms. The number of nitrogens with zero attached hydrogens (tertiary/aromatic N) is 1. The Morgan fingerprint density at radius 1 is 1.53 bits per heavy atom. The fourth-order valence-electron chi connectivity index (χ4n) is 2.26. The number of morpholine rings is 1. The maximum absolute atomic E-state index is 5.67. The topological polar surface area (TPSA) is 51.6 Å².